The predicted molar refractivity (Wildman–Crippen MR) is 98.0 cm³/mol. The minimum absolute atomic E-state index is 0.0369. The number of hydrogen-bond acceptors (Lipinski definition) is 4. The van der Waals surface area contributed by atoms with Crippen LogP contribution in [-0.2, 0) is 10.0 Å². The van der Waals surface area contributed by atoms with E-state index in [0.29, 0.717) is 5.69 Å². The van der Waals surface area contributed by atoms with Gasteiger partial charge in [0.15, 0.2) is 0 Å². The molecule has 0 aliphatic heterocycles. The Morgan fingerprint density at radius 1 is 1.21 bits per heavy atom. The molecule has 0 atom stereocenters. The van der Waals surface area contributed by atoms with Gasteiger partial charge in [-0.15, -0.1) is 18.3 Å². The Morgan fingerprint density at radius 2 is 1.96 bits per heavy atom. The summed E-state index contributed by atoms with van der Waals surface area (Å²) in [4.78, 5) is 13.4. The molecule has 0 aliphatic carbocycles. The Morgan fingerprint density at radius 3 is 2.67 bits per heavy atom. The number of hydrogen-bond donors (Lipinski definition) is 2. The largest absolute Gasteiger partial charge is 0.322 e. The van der Waals surface area contributed by atoms with E-state index in [9.17, 15) is 13.2 Å². The van der Waals surface area contributed by atoms with E-state index in [2.05, 4.69) is 16.6 Å². The van der Waals surface area contributed by atoms with Gasteiger partial charge in [-0.25, -0.2) is 13.1 Å². The molecule has 2 aromatic carbocycles. The molecule has 0 bridgehead atoms. The van der Waals surface area contributed by atoms with Crippen LogP contribution in [0.15, 0.2) is 71.0 Å². The maximum Gasteiger partial charge on any atom is 0.255 e. The number of rotatable bonds is 7. The third kappa shape index (κ3) is 4.70. The molecule has 0 heterocycles. The molecule has 24 heavy (non-hydrogen) atoms. The van der Waals surface area contributed by atoms with Crippen LogP contribution in [0.3, 0.4) is 0 Å². The van der Waals surface area contributed by atoms with Gasteiger partial charge >= 0.3 is 0 Å². The molecule has 0 aromatic heterocycles. The molecule has 0 aliphatic rings. The van der Waals surface area contributed by atoms with E-state index in [-0.39, 0.29) is 22.9 Å². The lowest BCUT2D eigenvalue weighted by atomic mass is 10.2. The summed E-state index contributed by atoms with van der Waals surface area (Å²) >= 11 is 1.57. The van der Waals surface area contributed by atoms with E-state index in [0.717, 1.165) is 4.90 Å². The van der Waals surface area contributed by atoms with Crippen molar-refractivity contribution in [3.8, 4) is 0 Å². The van der Waals surface area contributed by atoms with Crippen LogP contribution in [0.25, 0.3) is 0 Å². The Bertz CT molecular complexity index is 848. The van der Waals surface area contributed by atoms with E-state index in [1.807, 2.05) is 24.5 Å². The van der Waals surface area contributed by atoms with Crippen molar-refractivity contribution in [2.24, 2.45) is 0 Å². The summed E-state index contributed by atoms with van der Waals surface area (Å²) in [5.74, 6) is -0.367. The lowest BCUT2D eigenvalue weighted by Gasteiger charge is -2.09. The summed E-state index contributed by atoms with van der Waals surface area (Å²) in [5, 5.41) is 2.77. The van der Waals surface area contributed by atoms with Crippen LogP contribution < -0.4 is 10.0 Å². The second kappa shape index (κ2) is 8.14. The topological polar surface area (TPSA) is 75.3 Å². The van der Waals surface area contributed by atoms with E-state index >= 15 is 0 Å². The van der Waals surface area contributed by atoms with Crippen LogP contribution in [0.5, 0.6) is 0 Å². The fourth-order valence-electron chi connectivity index (χ4n) is 1.96. The summed E-state index contributed by atoms with van der Waals surface area (Å²) < 4.78 is 26.6. The first kappa shape index (κ1) is 18.3. The van der Waals surface area contributed by atoms with Crippen molar-refractivity contribution in [2.45, 2.75) is 9.79 Å². The summed E-state index contributed by atoms with van der Waals surface area (Å²) in [6.45, 7) is 3.60. The number of carbonyl (C=O) groups is 1. The van der Waals surface area contributed by atoms with Crippen molar-refractivity contribution in [1.29, 1.82) is 0 Å². The fourth-order valence-corrected chi connectivity index (χ4v) is 3.46. The molecule has 0 radical (unpaired) electrons. The van der Waals surface area contributed by atoms with Gasteiger partial charge in [0.2, 0.25) is 10.0 Å². The Balaban J connectivity index is 2.21. The van der Waals surface area contributed by atoms with E-state index in [1.54, 1.807) is 23.9 Å². The first-order chi connectivity index (χ1) is 11.5. The molecule has 0 unspecified atom stereocenters. The van der Waals surface area contributed by atoms with Crippen molar-refractivity contribution in [3.05, 3.63) is 66.7 Å². The summed E-state index contributed by atoms with van der Waals surface area (Å²) in [6, 6.07) is 13.3. The standard InChI is InChI=1S/C17H18N2O3S2/c1-3-10-18-24(21,22)16-9-4-6-13(11-16)17(20)19-14-7-5-8-15(12-14)23-2/h3-9,11-12,18H,1,10H2,2H3,(H,19,20). The quantitative estimate of drug-likeness (QED) is 0.586. The van der Waals surface area contributed by atoms with Gasteiger partial charge < -0.3 is 5.32 Å². The highest BCUT2D eigenvalue weighted by molar-refractivity contribution is 7.98. The summed E-state index contributed by atoms with van der Waals surface area (Å²) in [7, 11) is -3.67. The average Bonchev–Trinajstić information content (AvgIpc) is 2.60. The van der Waals surface area contributed by atoms with Gasteiger partial charge in [-0.2, -0.15) is 0 Å². The van der Waals surface area contributed by atoms with Gasteiger partial charge in [-0.3, -0.25) is 4.79 Å². The van der Waals surface area contributed by atoms with Gasteiger partial charge in [-0.05, 0) is 42.7 Å². The first-order valence-electron chi connectivity index (χ1n) is 7.12. The monoisotopic (exact) mass is 362 g/mol. The third-order valence-electron chi connectivity index (χ3n) is 3.15. The zero-order valence-electron chi connectivity index (χ0n) is 13.2. The van der Waals surface area contributed by atoms with Gasteiger partial charge in [0.25, 0.3) is 5.91 Å². The smallest absolute Gasteiger partial charge is 0.255 e. The van der Waals surface area contributed by atoms with Gasteiger partial charge in [-0.1, -0.05) is 18.2 Å². The average molecular weight is 362 g/mol. The van der Waals surface area contributed by atoms with Crippen molar-refractivity contribution in [2.75, 3.05) is 18.1 Å². The highest BCUT2D eigenvalue weighted by atomic mass is 32.2. The normalized spacial score (nSPS) is 11.0. The minimum atomic E-state index is -3.67. The van der Waals surface area contributed by atoms with Crippen molar-refractivity contribution < 1.29 is 13.2 Å². The molecule has 0 spiro atoms. The minimum Gasteiger partial charge on any atom is -0.322 e. The maximum absolute atomic E-state index is 12.4. The van der Waals surface area contributed by atoms with Gasteiger partial charge in [0.05, 0.1) is 4.90 Å². The molecular weight excluding hydrogens is 344 g/mol. The third-order valence-corrected chi connectivity index (χ3v) is 5.30. The molecule has 2 aromatic rings. The molecule has 1 amide bonds. The Kier molecular flexibility index (Phi) is 6.19. The number of anilines is 1. The van der Waals surface area contributed by atoms with Gasteiger partial charge in [0, 0.05) is 22.7 Å². The van der Waals surface area contributed by atoms with Crippen molar-refractivity contribution >= 4 is 33.4 Å². The number of nitrogens with one attached hydrogen (secondary N) is 2. The second-order valence-corrected chi connectivity index (χ2v) is 7.50. The van der Waals surface area contributed by atoms with E-state index < -0.39 is 10.0 Å². The van der Waals surface area contributed by atoms with E-state index in [4.69, 9.17) is 0 Å². The second-order valence-electron chi connectivity index (χ2n) is 4.85. The van der Waals surface area contributed by atoms with Gasteiger partial charge in [0.1, 0.15) is 0 Å². The van der Waals surface area contributed by atoms with Crippen LogP contribution in [0.2, 0.25) is 0 Å². The molecule has 5 nitrogen and oxygen atoms in total. The number of thioether (sulfide) groups is 1. The van der Waals surface area contributed by atoms with E-state index in [1.165, 1.54) is 24.3 Å². The van der Waals surface area contributed by atoms with Crippen LogP contribution in [0.4, 0.5) is 5.69 Å². The molecule has 7 heteroatoms. The number of carbonyl (C=O) groups excluding carboxylic acids is 1. The van der Waals surface area contributed by atoms with Crippen LogP contribution in [-0.4, -0.2) is 27.1 Å². The van der Waals surface area contributed by atoms with Crippen LogP contribution in [0.1, 0.15) is 10.4 Å². The molecule has 126 valence electrons. The summed E-state index contributed by atoms with van der Waals surface area (Å²) in [6.07, 6.45) is 3.40. The Labute approximate surface area is 146 Å². The maximum atomic E-state index is 12.4. The SMILES string of the molecule is C=CCNS(=O)(=O)c1cccc(C(=O)Nc2cccc(SC)c2)c1. The predicted octanol–water partition coefficient (Wildman–Crippen LogP) is 3.13. The lowest BCUT2D eigenvalue weighted by molar-refractivity contribution is 0.102. The fraction of sp³-hybridized carbons (Fsp3) is 0.118. The lowest BCUT2D eigenvalue weighted by Crippen LogP contribution is -2.24. The number of benzene rings is 2. The number of sulfonamides is 1. The Hall–Kier alpha value is -2.09. The highest BCUT2D eigenvalue weighted by Gasteiger charge is 2.15. The molecule has 0 saturated carbocycles. The molecule has 0 saturated heterocycles. The van der Waals surface area contributed by atoms with Crippen LogP contribution in [0, 0.1) is 0 Å². The zero-order chi connectivity index (χ0) is 17.6. The van der Waals surface area contributed by atoms with Crippen LogP contribution >= 0.6 is 11.8 Å². The number of amides is 1. The molecule has 2 N–H and O–H groups in total. The molecule has 0 fully saturated rings. The molecular formula is C17H18N2O3S2. The zero-order valence-corrected chi connectivity index (χ0v) is 14.8. The summed E-state index contributed by atoms with van der Waals surface area (Å²) in [5.41, 5.74) is 0.927. The first-order valence-corrected chi connectivity index (χ1v) is 9.83. The van der Waals surface area contributed by atoms with Crippen molar-refractivity contribution in [1.82, 2.24) is 4.72 Å². The van der Waals surface area contributed by atoms with Crippen molar-refractivity contribution in [3.63, 3.8) is 0 Å². The molecule has 2 rings (SSSR count). The highest BCUT2D eigenvalue weighted by Crippen LogP contribution is 2.20.